The summed E-state index contributed by atoms with van der Waals surface area (Å²) in [5.41, 5.74) is 0.617. The predicted octanol–water partition coefficient (Wildman–Crippen LogP) is 0.843. The number of rotatable bonds is 2. The first-order valence-electron chi connectivity index (χ1n) is 5.10. The fraction of sp³-hybridized carbons (Fsp3) is 0.167. The van der Waals surface area contributed by atoms with Crippen molar-refractivity contribution >= 4 is 0 Å². The van der Waals surface area contributed by atoms with Crippen molar-refractivity contribution in [2.24, 2.45) is 0 Å². The minimum Gasteiger partial charge on any atom is -0.482 e. The van der Waals surface area contributed by atoms with Crippen LogP contribution in [0.4, 0.5) is 0 Å². The monoisotopic (exact) mass is 232 g/mol. The van der Waals surface area contributed by atoms with Gasteiger partial charge >= 0.3 is 5.69 Å². The molecule has 0 saturated heterocycles. The number of nitrogens with zero attached hydrogens (tertiary/aromatic N) is 1. The van der Waals surface area contributed by atoms with Gasteiger partial charge in [-0.15, -0.1) is 0 Å². The highest BCUT2D eigenvalue weighted by atomic mass is 16.5. The van der Waals surface area contributed by atoms with Gasteiger partial charge in [0.2, 0.25) is 5.88 Å². The quantitative estimate of drug-likeness (QED) is 0.834. The SMILES string of the molecule is COc1cc(=O)[nH]c(=O)n1-c1ccccc1C. The fourth-order valence-electron chi connectivity index (χ4n) is 1.67. The second-order valence-electron chi connectivity index (χ2n) is 3.60. The zero-order valence-electron chi connectivity index (χ0n) is 9.56. The molecule has 5 nitrogen and oxygen atoms in total. The Hall–Kier alpha value is -2.30. The molecule has 1 N–H and O–H groups in total. The highest BCUT2D eigenvalue weighted by Crippen LogP contribution is 2.16. The number of ether oxygens (including phenoxy) is 1. The molecule has 88 valence electrons. The molecule has 0 aliphatic carbocycles. The maximum absolute atomic E-state index is 11.8. The summed E-state index contributed by atoms with van der Waals surface area (Å²) in [6, 6.07) is 8.61. The van der Waals surface area contributed by atoms with Crippen molar-refractivity contribution in [2.45, 2.75) is 6.92 Å². The molecule has 1 aromatic carbocycles. The normalized spacial score (nSPS) is 10.2. The third-order valence-electron chi connectivity index (χ3n) is 2.47. The van der Waals surface area contributed by atoms with Crippen molar-refractivity contribution in [3.8, 4) is 11.6 Å². The smallest absolute Gasteiger partial charge is 0.335 e. The van der Waals surface area contributed by atoms with Gasteiger partial charge < -0.3 is 4.74 Å². The first-order chi connectivity index (χ1) is 8.13. The third-order valence-corrected chi connectivity index (χ3v) is 2.47. The van der Waals surface area contributed by atoms with Gasteiger partial charge in [-0.25, -0.2) is 9.36 Å². The predicted molar refractivity (Wildman–Crippen MR) is 63.9 cm³/mol. The van der Waals surface area contributed by atoms with Gasteiger partial charge in [-0.3, -0.25) is 9.78 Å². The van der Waals surface area contributed by atoms with Gasteiger partial charge in [-0.2, -0.15) is 0 Å². The second-order valence-corrected chi connectivity index (χ2v) is 3.60. The van der Waals surface area contributed by atoms with Gasteiger partial charge in [0.1, 0.15) is 0 Å². The third kappa shape index (κ3) is 1.99. The Morgan fingerprint density at radius 1 is 1.24 bits per heavy atom. The zero-order valence-corrected chi connectivity index (χ0v) is 9.56. The van der Waals surface area contributed by atoms with Crippen LogP contribution in [0.5, 0.6) is 5.88 Å². The standard InChI is InChI=1S/C12H12N2O3/c1-8-5-3-4-6-9(8)14-11(17-2)7-10(15)13-12(14)16/h3-7H,1-2H3,(H,13,15,16). The van der Waals surface area contributed by atoms with Crippen molar-refractivity contribution in [2.75, 3.05) is 7.11 Å². The van der Waals surface area contributed by atoms with Gasteiger partial charge in [0.05, 0.1) is 18.9 Å². The number of methoxy groups -OCH3 is 1. The summed E-state index contributed by atoms with van der Waals surface area (Å²) in [5, 5.41) is 0. The van der Waals surface area contributed by atoms with E-state index in [0.29, 0.717) is 5.69 Å². The Labute approximate surface area is 97.3 Å². The molecule has 0 spiro atoms. The lowest BCUT2D eigenvalue weighted by Crippen LogP contribution is -2.29. The zero-order chi connectivity index (χ0) is 12.4. The molecule has 1 heterocycles. The van der Waals surface area contributed by atoms with E-state index in [0.717, 1.165) is 5.56 Å². The molecule has 5 heteroatoms. The van der Waals surface area contributed by atoms with Crippen LogP contribution in [0.2, 0.25) is 0 Å². The molecule has 0 radical (unpaired) electrons. The highest BCUT2D eigenvalue weighted by molar-refractivity contribution is 5.42. The first-order valence-corrected chi connectivity index (χ1v) is 5.10. The number of hydrogen-bond acceptors (Lipinski definition) is 3. The molecule has 0 aliphatic heterocycles. The van der Waals surface area contributed by atoms with E-state index in [1.165, 1.54) is 17.7 Å². The first kappa shape index (κ1) is 11.2. The number of nitrogens with one attached hydrogen (secondary N) is 1. The molecule has 1 aromatic heterocycles. The Morgan fingerprint density at radius 2 is 1.94 bits per heavy atom. The topological polar surface area (TPSA) is 64.1 Å². The van der Waals surface area contributed by atoms with E-state index in [9.17, 15) is 9.59 Å². The minimum atomic E-state index is -0.511. The van der Waals surface area contributed by atoms with Crippen LogP contribution in [-0.4, -0.2) is 16.7 Å². The van der Waals surface area contributed by atoms with E-state index in [2.05, 4.69) is 4.98 Å². The summed E-state index contributed by atoms with van der Waals surface area (Å²) in [5.74, 6) is 0.216. The summed E-state index contributed by atoms with van der Waals surface area (Å²) >= 11 is 0. The summed E-state index contributed by atoms with van der Waals surface area (Å²) in [4.78, 5) is 25.2. The van der Waals surface area contributed by atoms with E-state index in [-0.39, 0.29) is 5.88 Å². The van der Waals surface area contributed by atoms with Gasteiger partial charge in [0.15, 0.2) is 0 Å². The van der Waals surface area contributed by atoms with Crippen LogP contribution in [0.1, 0.15) is 5.56 Å². The molecule has 0 bridgehead atoms. The largest absolute Gasteiger partial charge is 0.482 e. The number of hydrogen-bond donors (Lipinski definition) is 1. The molecule has 0 aliphatic rings. The molecule has 0 fully saturated rings. The van der Waals surface area contributed by atoms with Crippen LogP contribution in [0, 0.1) is 6.92 Å². The van der Waals surface area contributed by atoms with Gasteiger partial charge in [-0.05, 0) is 18.6 Å². The summed E-state index contributed by atoms with van der Waals surface area (Å²) < 4.78 is 6.39. The van der Waals surface area contributed by atoms with Crippen LogP contribution < -0.4 is 16.0 Å². The summed E-state index contributed by atoms with van der Waals surface area (Å²) in [6.45, 7) is 1.88. The molecular weight excluding hydrogens is 220 g/mol. The Morgan fingerprint density at radius 3 is 2.59 bits per heavy atom. The van der Waals surface area contributed by atoms with E-state index in [4.69, 9.17) is 4.74 Å². The molecule has 0 amide bonds. The van der Waals surface area contributed by atoms with Crippen molar-refractivity contribution in [3.05, 3.63) is 56.7 Å². The molecule has 2 rings (SSSR count). The number of aryl methyl sites for hydroxylation is 1. The molecular formula is C12H12N2O3. The number of H-pyrrole nitrogens is 1. The van der Waals surface area contributed by atoms with Crippen LogP contribution in [-0.2, 0) is 0 Å². The average molecular weight is 232 g/mol. The number of aromatic amines is 1. The highest BCUT2D eigenvalue weighted by Gasteiger charge is 2.09. The maximum Gasteiger partial charge on any atom is 0.335 e. The fourth-order valence-corrected chi connectivity index (χ4v) is 1.67. The molecule has 17 heavy (non-hydrogen) atoms. The van der Waals surface area contributed by atoms with E-state index < -0.39 is 11.2 Å². The van der Waals surface area contributed by atoms with Crippen LogP contribution in [0.3, 0.4) is 0 Å². The molecule has 0 unspecified atom stereocenters. The molecule has 0 atom stereocenters. The minimum absolute atomic E-state index is 0.216. The Bertz CT molecular complexity index is 655. The average Bonchev–Trinajstić information content (AvgIpc) is 2.29. The van der Waals surface area contributed by atoms with Gasteiger partial charge in [0, 0.05) is 0 Å². The Balaban J connectivity index is 2.80. The van der Waals surface area contributed by atoms with E-state index in [1.54, 1.807) is 6.07 Å². The van der Waals surface area contributed by atoms with Crippen molar-refractivity contribution < 1.29 is 4.74 Å². The lowest BCUT2D eigenvalue weighted by atomic mass is 10.2. The second kappa shape index (κ2) is 4.29. The van der Waals surface area contributed by atoms with Crippen molar-refractivity contribution in [1.82, 2.24) is 9.55 Å². The van der Waals surface area contributed by atoms with E-state index >= 15 is 0 Å². The lowest BCUT2D eigenvalue weighted by molar-refractivity contribution is 0.381. The number of aromatic nitrogens is 2. The Kier molecular flexibility index (Phi) is 2.82. The molecule has 2 aromatic rings. The van der Waals surface area contributed by atoms with Gasteiger partial charge in [-0.1, -0.05) is 18.2 Å². The van der Waals surface area contributed by atoms with E-state index in [1.807, 2.05) is 25.1 Å². The maximum atomic E-state index is 11.8. The van der Waals surface area contributed by atoms with Crippen LogP contribution in [0.15, 0.2) is 39.9 Å². The number of benzene rings is 1. The van der Waals surface area contributed by atoms with Gasteiger partial charge in [0.25, 0.3) is 5.56 Å². The summed E-state index contributed by atoms with van der Waals surface area (Å²) in [7, 11) is 1.42. The van der Waals surface area contributed by atoms with Crippen molar-refractivity contribution in [1.29, 1.82) is 0 Å². The summed E-state index contributed by atoms with van der Waals surface area (Å²) in [6.07, 6.45) is 0. The van der Waals surface area contributed by atoms with Crippen molar-refractivity contribution in [3.63, 3.8) is 0 Å². The van der Waals surface area contributed by atoms with Crippen LogP contribution in [0.25, 0.3) is 5.69 Å². The molecule has 0 saturated carbocycles. The number of para-hydroxylation sites is 1. The lowest BCUT2D eigenvalue weighted by Gasteiger charge is -2.12. The van der Waals surface area contributed by atoms with Crippen LogP contribution >= 0.6 is 0 Å².